The van der Waals surface area contributed by atoms with Gasteiger partial charge in [-0.2, -0.15) is 5.10 Å². The van der Waals surface area contributed by atoms with Crippen LogP contribution in [0, 0.1) is 11.8 Å². The lowest BCUT2D eigenvalue weighted by molar-refractivity contribution is -0.139. The summed E-state index contributed by atoms with van der Waals surface area (Å²) in [6, 6.07) is 12.4. The second-order valence-corrected chi connectivity index (χ2v) is 7.22. The molecule has 28 heavy (non-hydrogen) atoms. The SMILES string of the molecule is O=C(O)C1CC1C(=O)Nc1cc(Cc2n[nH]c(=O)c3ccccc23)ccc1Cl. The largest absolute Gasteiger partial charge is 0.481 e. The van der Waals surface area contributed by atoms with Gasteiger partial charge >= 0.3 is 5.97 Å². The maximum Gasteiger partial charge on any atom is 0.307 e. The Hall–Kier alpha value is -3.19. The van der Waals surface area contributed by atoms with Gasteiger partial charge in [0.2, 0.25) is 5.91 Å². The Kier molecular flexibility index (Phi) is 4.60. The van der Waals surface area contributed by atoms with Crippen molar-refractivity contribution in [2.75, 3.05) is 5.32 Å². The van der Waals surface area contributed by atoms with Crippen LogP contribution in [0.4, 0.5) is 5.69 Å². The molecule has 2 atom stereocenters. The van der Waals surface area contributed by atoms with E-state index in [0.29, 0.717) is 34.6 Å². The normalized spacial score (nSPS) is 18.0. The average Bonchev–Trinajstić information content (AvgIpc) is 3.48. The molecule has 8 heteroatoms. The monoisotopic (exact) mass is 397 g/mol. The Morgan fingerprint density at radius 1 is 1.18 bits per heavy atom. The molecule has 4 rings (SSSR count). The van der Waals surface area contributed by atoms with E-state index in [2.05, 4.69) is 15.5 Å². The lowest BCUT2D eigenvalue weighted by Gasteiger charge is -2.10. The third kappa shape index (κ3) is 3.48. The Bertz CT molecular complexity index is 1160. The van der Waals surface area contributed by atoms with Gasteiger partial charge in [-0.1, -0.05) is 35.9 Å². The summed E-state index contributed by atoms with van der Waals surface area (Å²) in [5.74, 6) is -2.46. The van der Waals surface area contributed by atoms with E-state index in [9.17, 15) is 14.4 Å². The summed E-state index contributed by atoms with van der Waals surface area (Å²) < 4.78 is 0. The Balaban J connectivity index is 1.58. The molecule has 3 aromatic rings. The predicted molar refractivity (Wildman–Crippen MR) is 104 cm³/mol. The number of nitrogens with zero attached hydrogens (tertiary/aromatic N) is 1. The summed E-state index contributed by atoms with van der Waals surface area (Å²) in [6.07, 6.45) is 0.768. The number of nitrogens with one attached hydrogen (secondary N) is 2. The highest BCUT2D eigenvalue weighted by atomic mass is 35.5. The van der Waals surface area contributed by atoms with E-state index in [1.54, 1.807) is 24.3 Å². The molecule has 1 aromatic heterocycles. The number of hydrogen-bond donors (Lipinski definition) is 3. The second kappa shape index (κ2) is 7.09. The number of carbonyl (C=O) groups is 2. The van der Waals surface area contributed by atoms with Crippen molar-refractivity contribution in [2.45, 2.75) is 12.8 Å². The molecule has 7 nitrogen and oxygen atoms in total. The van der Waals surface area contributed by atoms with Crippen molar-refractivity contribution in [1.29, 1.82) is 0 Å². The minimum absolute atomic E-state index is 0.249. The Morgan fingerprint density at radius 3 is 2.64 bits per heavy atom. The van der Waals surface area contributed by atoms with Crippen molar-refractivity contribution in [1.82, 2.24) is 10.2 Å². The first-order chi connectivity index (χ1) is 13.4. The number of hydrogen-bond acceptors (Lipinski definition) is 4. The molecule has 1 heterocycles. The highest BCUT2D eigenvalue weighted by Gasteiger charge is 2.48. The van der Waals surface area contributed by atoms with Crippen molar-refractivity contribution in [3.05, 3.63) is 69.1 Å². The van der Waals surface area contributed by atoms with Crippen LogP contribution in [-0.2, 0) is 16.0 Å². The van der Waals surface area contributed by atoms with Crippen LogP contribution in [0.3, 0.4) is 0 Å². The van der Waals surface area contributed by atoms with Gasteiger partial charge in [-0.3, -0.25) is 14.4 Å². The second-order valence-electron chi connectivity index (χ2n) is 6.81. The number of anilines is 1. The van der Waals surface area contributed by atoms with E-state index in [0.717, 1.165) is 10.9 Å². The number of carboxylic acids is 1. The van der Waals surface area contributed by atoms with E-state index >= 15 is 0 Å². The average molecular weight is 398 g/mol. The number of aromatic amines is 1. The number of fused-ring (bicyclic) bond motifs is 1. The first kappa shape index (κ1) is 18.2. The number of amides is 1. The van der Waals surface area contributed by atoms with Crippen molar-refractivity contribution in [3.63, 3.8) is 0 Å². The van der Waals surface area contributed by atoms with Crippen molar-refractivity contribution >= 4 is 39.9 Å². The van der Waals surface area contributed by atoms with Gasteiger partial charge < -0.3 is 10.4 Å². The lowest BCUT2D eigenvalue weighted by atomic mass is 10.0. The molecular weight excluding hydrogens is 382 g/mol. The van der Waals surface area contributed by atoms with Crippen LogP contribution in [0.2, 0.25) is 5.02 Å². The fourth-order valence-corrected chi connectivity index (χ4v) is 3.43. The number of halogens is 1. The summed E-state index contributed by atoms with van der Waals surface area (Å²) in [5.41, 5.74) is 1.72. The minimum atomic E-state index is -0.962. The number of H-pyrrole nitrogens is 1. The molecule has 2 unspecified atom stereocenters. The van der Waals surface area contributed by atoms with Crippen LogP contribution in [-0.4, -0.2) is 27.2 Å². The first-order valence-electron chi connectivity index (χ1n) is 8.72. The van der Waals surface area contributed by atoms with Crippen molar-refractivity contribution < 1.29 is 14.7 Å². The van der Waals surface area contributed by atoms with Gasteiger partial charge in [0.1, 0.15) is 0 Å². The Morgan fingerprint density at radius 2 is 1.93 bits per heavy atom. The zero-order valence-electron chi connectivity index (χ0n) is 14.6. The number of rotatable bonds is 5. The lowest BCUT2D eigenvalue weighted by Crippen LogP contribution is -2.17. The smallest absolute Gasteiger partial charge is 0.307 e. The van der Waals surface area contributed by atoms with Gasteiger partial charge in [0.05, 0.1) is 33.6 Å². The Labute approximate surface area is 164 Å². The standard InChI is InChI=1S/C20H16ClN3O4/c21-15-6-5-10(8-17(15)22-18(25)13-9-14(13)20(27)28)7-16-11-3-1-2-4-12(11)19(26)24-23-16/h1-6,8,13-14H,7,9H2,(H,22,25)(H,24,26)(H,27,28). The van der Waals surface area contributed by atoms with E-state index in [4.69, 9.17) is 16.7 Å². The maximum absolute atomic E-state index is 12.2. The van der Waals surface area contributed by atoms with Gasteiger partial charge in [0.15, 0.2) is 0 Å². The zero-order valence-corrected chi connectivity index (χ0v) is 15.4. The summed E-state index contributed by atoms with van der Waals surface area (Å²) in [4.78, 5) is 35.1. The highest BCUT2D eigenvalue weighted by Crippen LogP contribution is 2.40. The molecule has 1 saturated carbocycles. The molecule has 1 aliphatic carbocycles. The number of benzene rings is 2. The first-order valence-corrected chi connectivity index (χ1v) is 9.10. The molecule has 1 aliphatic rings. The van der Waals surface area contributed by atoms with Gasteiger partial charge in [-0.15, -0.1) is 0 Å². The van der Waals surface area contributed by atoms with Crippen LogP contribution in [0.1, 0.15) is 17.7 Å². The molecule has 0 radical (unpaired) electrons. The molecule has 0 spiro atoms. The molecule has 1 fully saturated rings. The molecule has 0 aliphatic heterocycles. The summed E-state index contributed by atoms with van der Waals surface area (Å²) in [7, 11) is 0. The van der Waals surface area contributed by atoms with Crippen molar-refractivity contribution in [3.8, 4) is 0 Å². The molecule has 0 bridgehead atoms. The summed E-state index contributed by atoms with van der Waals surface area (Å²) in [6.45, 7) is 0. The summed E-state index contributed by atoms with van der Waals surface area (Å²) in [5, 5.41) is 20.0. The highest BCUT2D eigenvalue weighted by molar-refractivity contribution is 6.33. The molecule has 1 amide bonds. The molecule has 142 valence electrons. The zero-order chi connectivity index (χ0) is 19.8. The molecular formula is C20H16ClN3O4. The topological polar surface area (TPSA) is 112 Å². The maximum atomic E-state index is 12.2. The van der Waals surface area contributed by atoms with Crippen LogP contribution < -0.4 is 10.9 Å². The molecule has 2 aromatic carbocycles. The number of aromatic nitrogens is 2. The van der Waals surface area contributed by atoms with Crippen molar-refractivity contribution in [2.24, 2.45) is 11.8 Å². The minimum Gasteiger partial charge on any atom is -0.481 e. The van der Waals surface area contributed by atoms with Gasteiger partial charge in [0.25, 0.3) is 5.56 Å². The number of carbonyl (C=O) groups excluding carboxylic acids is 1. The third-order valence-electron chi connectivity index (χ3n) is 4.88. The van der Waals surface area contributed by atoms with E-state index in [1.165, 1.54) is 0 Å². The van der Waals surface area contributed by atoms with Gasteiger partial charge in [-0.25, -0.2) is 5.10 Å². The van der Waals surface area contributed by atoms with E-state index < -0.39 is 17.8 Å². The van der Waals surface area contributed by atoms with E-state index in [-0.39, 0.29) is 11.5 Å². The fourth-order valence-electron chi connectivity index (χ4n) is 3.26. The van der Waals surface area contributed by atoms with Crippen LogP contribution in [0.5, 0.6) is 0 Å². The van der Waals surface area contributed by atoms with Crippen LogP contribution >= 0.6 is 11.6 Å². The quantitative estimate of drug-likeness (QED) is 0.612. The molecule has 0 saturated heterocycles. The van der Waals surface area contributed by atoms with Crippen LogP contribution in [0.15, 0.2) is 47.3 Å². The predicted octanol–water partition coefficient (Wildman–Crippen LogP) is 2.83. The van der Waals surface area contributed by atoms with Gasteiger partial charge in [0, 0.05) is 11.8 Å². The third-order valence-corrected chi connectivity index (χ3v) is 5.21. The molecule has 3 N–H and O–H groups in total. The number of aliphatic carboxylic acids is 1. The summed E-state index contributed by atoms with van der Waals surface area (Å²) >= 11 is 6.19. The fraction of sp³-hybridized carbons (Fsp3) is 0.200. The number of carboxylic acid groups (broad SMARTS) is 1. The van der Waals surface area contributed by atoms with E-state index in [1.807, 2.05) is 18.2 Å². The van der Waals surface area contributed by atoms with Crippen LogP contribution in [0.25, 0.3) is 10.8 Å². The van der Waals surface area contributed by atoms with Gasteiger partial charge in [-0.05, 0) is 30.2 Å².